The number of nitrogen functional groups attached to an aromatic ring is 1. The van der Waals surface area contributed by atoms with Crippen LogP contribution in [0.2, 0.25) is 5.02 Å². The fourth-order valence-electron chi connectivity index (χ4n) is 1.81. The van der Waals surface area contributed by atoms with Crippen LogP contribution in [0.25, 0.3) is 0 Å². The molecule has 0 unspecified atom stereocenters. The van der Waals surface area contributed by atoms with E-state index in [2.05, 4.69) is 5.10 Å². The second kappa shape index (κ2) is 5.42. The third kappa shape index (κ3) is 2.80. The zero-order valence-corrected chi connectivity index (χ0v) is 13.1. The molecule has 0 radical (unpaired) electrons. The average molecular weight is 323 g/mol. The van der Waals surface area contributed by atoms with Crippen molar-refractivity contribution < 1.29 is 4.79 Å². The molecule has 2 rings (SSSR count). The summed E-state index contributed by atoms with van der Waals surface area (Å²) in [5, 5.41) is 4.37. The predicted molar refractivity (Wildman–Crippen MR) is 82.8 cm³/mol. The number of rotatable bonds is 1. The van der Waals surface area contributed by atoms with E-state index in [0.29, 0.717) is 14.4 Å². The first-order valence-electron chi connectivity index (χ1n) is 6.45. The monoisotopic (exact) mass is 322 g/mol. The molecule has 0 aliphatic carbocycles. The zero-order chi connectivity index (χ0) is 16.7. The van der Waals surface area contributed by atoms with Crippen molar-refractivity contribution in [1.82, 2.24) is 14.5 Å². The molecule has 0 amide bonds. The van der Waals surface area contributed by atoms with E-state index < -0.39 is 22.6 Å². The van der Waals surface area contributed by atoms with Gasteiger partial charge < -0.3 is 5.84 Å². The second-order valence-corrected chi connectivity index (χ2v) is 6.22. The van der Waals surface area contributed by atoms with Crippen molar-refractivity contribution in [2.45, 2.75) is 26.2 Å². The molecule has 0 bridgehead atoms. The molecule has 7 nitrogen and oxygen atoms in total. The number of halogens is 1. The Morgan fingerprint density at radius 2 is 1.73 bits per heavy atom. The summed E-state index contributed by atoms with van der Waals surface area (Å²) in [7, 11) is 0. The number of carbonyl (C=O) groups excluding carboxylic acids is 1. The first-order valence-corrected chi connectivity index (χ1v) is 6.83. The Labute approximate surface area is 130 Å². The number of aromatic nitrogens is 3. The van der Waals surface area contributed by atoms with Gasteiger partial charge in [0.2, 0.25) is 0 Å². The van der Waals surface area contributed by atoms with Crippen LogP contribution in [-0.4, -0.2) is 20.4 Å². The summed E-state index contributed by atoms with van der Waals surface area (Å²) in [4.78, 5) is 36.5. The number of nitrogens with two attached hydrogens (primary N) is 1. The van der Waals surface area contributed by atoms with Gasteiger partial charge in [-0.15, -0.1) is 4.68 Å². The van der Waals surface area contributed by atoms with E-state index in [9.17, 15) is 14.4 Å². The molecule has 116 valence electrons. The van der Waals surface area contributed by atoms with Gasteiger partial charge >= 0.3 is 5.69 Å². The maximum absolute atomic E-state index is 12.4. The highest BCUT2D eigenvalue weighted by Crippen LogP contribution is 2.15. The van der Waals surface area contributed by atoms with Crippen molar-refractivity contribution in [3.8, 4) is 0 Å². The fourth-order valence-corrected chi connectivity index (χ4v) is 1.93. The molecule has 22 heavy (non-hydrogen) atoms. The van der Waals surface area contributed by atoms with Crippen molar-refractivity contribution in [3.63, 3.8) is 0 Å². The standard InChI is InChI=1S/C14H15ClN4O3/c1-14(2,3)10-12(21)18(16)13(22)19(17-10)11(20)8-4-6-9(15)7-5-8/h4-7H,16H2,1-3H3. The van der Waals surface area contributed by atoms with Crippen molar-refractivity contribution >= 4 is 17.5 Å². The number of nitrogens with zero attached hydrogens (tertiary/aromatic N) is 3. The zero-order valence-electron chi connectivity index (χ0n) is 12.3. The number of benzene rings is 1. The van der Waals surface area contributed by atoms with Crippen LogP contribution in [0.4, 0.5) is 0 Å². The normalized spacial score (nSPS) is 11.5. The fraction of sp³-hybridized carbons (Fsp3) is 0.286. The molecule has 1 heterocycles. The minimum absolute atomic E-state index is 0.0249. The van der Waals surface area contributed by atoms with E-state index in [1.165, 1.54) is 24.3 Å². The summed E-state index contributed by atoms with van der Waals surface area (Å²) < 4.78 is 0.979. The van der Waals surface area contributed by atoms with Gasteiger partial charge in [-0.3, -0.25) is 9.59 Å². The Kier molecular flexibility index (Phi) is 3.93. The summed E-state index contributed by atoms with van der Waals surface area (Å²) in [5.41, 5.74) is -2.17. The number of carbonyl (C=O) groups is 1. The van der Waals surface area contributed by atoms with Crippen LogP contribution in [0.5, 0.6) is 0 Å². The molecule has 1 aromatic carbocycles. The number of hydrogen-bond acceptors (Lipinski definition) is 5. The van der Waals surface area contributed by atoms with Crippen LogP contribution in [0, 0.1) is 0 Å². The van der Waals surface area contributed by atoms with Gasteiger partial charge in [-0.1, -0.05) is 32.4 Å². The lowest BCUT2D eigenvalue weighted by Crippen LogP contribution is -2.51. The van der Waals surface area contributed by atoms with Crippen molar-refractivity contribution in [1.29, 1.82) is 0 Å². The highest BCUT2D eigenvalue weighted by molar-refractivity contribution is 6.30. The van der Waals surface area contributed by atoms with Crippen molar-refractivity contribution in [2.24, 2.45) is 0 Å². The molecule has 0 spiro atoms. The van der Waals surface area contributed by atoms with E-state index in [-0.39, 0.29) is 11.3 Å². The van der Waals surface area contributed by atoms with Crippen LogP contribution in [-0.2, 0) is 5.41 Å². The first kappa shape index (κ1) is 16.0. The third-order valence-electron chi connectivity index (χ3n) is 3.00. The van der Waals surface area contributed by atoms with E-state index in [0.717, 1.165) is 0 Å². The predicted octanol–water partition coefficient (Wildman–Crippen LogP) is 0.758. The average Bonchev–Trinajstić information content (AvgIpc) is 2.44. The van der Waals surface area contributed by atoms with E-state index in [4.69, 9.17) is 17.4 Å². The molecule has 8 heteroatoms. The molecule has 0 atom stereocenters. The highest BCUT2D eigenvalue weighted by atomic mass is 35.5. The van der Waals surface area contributed by atoms with Gasteiger partial charge in [0.05, 0.1) is 0 Å². The largest absolute Gasteiger partial charge is 0.373 e. The molecule has 2 N–H and O–H groups in total. The maximum atomic E-state index is 12.4. The van der Waals surface area contributed by atoms with Gasteiger partial charge in [0.25, 0.3) is 11.5 Å². The molecule has 0 saturated carbocycles. The molecular formula is C14H15ClN4O3. The van der Waals surface area contributed by atoms with Crippen molar-refractivity contribution in [3.05, 3.63) is 61.4 Å². The highest BCUT2D eigenvalue weighted by Gasteiger charge is 2.25. The van der Waals surface area contributed by atoms with Crippen molar-refractivity contribution in [2.75, 3.05) is 5.84 Å². The van der Waals surface area contributed by atoms with E-state index >= 15 is 0 Å². The van der Waals surface area contributed by atoms with E-state index in [1.54, 1.807) is 20.8 Å². The van der Waals surface area contributed by atoms with Crippen LogP contribution < -0.4 is 17.1 Å². The Morgan fingerprint density at radius 1 is 1.18 bits per heavy atom. The summed E-state index contributed by atoms with van der Waals surface area (Å²) in [6.07, 6.45) is 0. The number of hydrogen-bond donors (Lipinski definition) is 1. The smallest absolute Gasteiger partial charge is 0.332 e. The van der Waals surface area contributed by atoms with Gasteiger partial charge in [-0.05, 0) is 24.3 Å². The molecule has 0 aliphatic heterocycles. The van der Waals surface area contributed by atoms with Crippen LogP contribution in [0.1, 0.15) is 36.8 Å². The molecule has 0 fully saturated rings. The minimum Gasteiger partial charge on any atom is -0.332 e. The van der Waals surface area contributed by atoms with Gasteiger partial charge in [0, 0.05) is 16.0 Å². The Balaban J connectivity index is 2.68. The molecular weight excluding hydrogens is 308 g/mol. The van der Waals surface area contributed by atoms with Gasteiger partial charge in [0.1, 0.15) is 5.69 Å². The molecule has 0 saturated heterocycles. The SMILES string of the molecule is CC(C)(C)c1nn(C(=O)c2ccc(Cl)cc2)c(=O)n(N)c1=O. The van der Waals surface area contributed by atoms with Gasteiger partial charge in [0.15, 0.2) is 0 Å². The lowest BCUT2D eigenvalue weighted by atomic mass is 9.93. The second-order valence-electron chi connectivity index (χ2n) is 5.78. The summed E-state index contributed by atoms with van der Waals surface area (Å²) in [6, 6.07) is 5.95. The third-order valence-corrected chi connectivity index (χ3v) is 3.25. The van der Waals surface area contributed by atoms with E-state index in [1.807, 2.05) is 0 Å². The Bertz CT molecular complexity index is 844. The van der Waals surface area contributed by atoms with Gasteiger partial charge in [-0.2, -0.15) is 9.77 Å². The van der Waals surface area contributed by atoms with Crippen LogP contribution in [0.15, 0.2) is 33.9 Å². The maximum Gasteiger partial charge on any atom is 0.373 e. The lowest BCUT2D eigenvalue weighted by molar-refractivity contribution is 0.0932. The molecule has 0 aliphatic rings. The first-order chi connectivity index (χ1) is 10.1. The summed E-state index contributed by atoms with van der Waals surface area (Å²) >= 11 is 5.76. The Morgan fingerprint density at radius 3 is 2.23 bits per heavy atom. The summed E-state index contributed by atoms with van der Waals surface area (Å²) in [6.45, 7) is 5.20. The Hall–Kier alpha value is -2.41. The minimum atomic E-state index is -1.00. The van der Waals surface area contributed by atoms with Gasteiger partial charge in [-0.25, -0.2) is 4.79 Å². The summed E-state index contributed by atoms with van der Waals surface area (Å²) in [5.74, 6) is 4.79. The topological polar surface area (TPSA) is 100.0 Å². The molecule has 1 aromatic heterocycles. The lowest BCUT2D eigenvalue weighted by Gasteiger charge is -2.18. The quantitative estimate of drug-likeness (QED) is 0.781. The van der Waals surface area contributed by atoms with Crippen LogP contribution >= 0.6 is 11.6 Å². The van der Waals surface area contributed by atoms with Crippen LogP contribution in [0.3, 0.4) is 0 Å². The molecule has 2 aromatic rings.